The van der Waals surface area contributed by atoms with Gasteiger partial charge in [0.15, 0.2) is 23.1 Å². The Kier molecular flexibility index (Phi) is 27.6. The third-order valence-corrected chi connectivity index (χ3v) is 42.8. The minimum absolute atomic E-state index is 0.0385. The third-order valence-electron chi connectivity index (χ3n) is 42.8. The van der Waals surface area contributed by atoms with Gasteiger partial charge in [0.1, 0.15) is 71.2 Å². The van der Waals surface area contributed by atoms with Crippen molar-refractivity contribution in [2.24, 2.45) is 164 Å². The van der Waals surface area contributed by atoms with Crippen molar-refractivity contribution in [2.45, 2.75) is 335 Å². The molecule has 4 heterocycles. The number of para-hydroxylation sites is 1. The highest BCUT2D eigenvalue weighted by molar-refractivity contribution is 5.87. The van der Waals surface area contributed by atoms with Crippen LogP contribution < -0.4 is 0 Å². The lowest BCUT2D eigenvalue weighted by Gasteiger charge is -2.57. The molecular formula is C114H157F3N12O11. The Morgan fingerprint density at radius 1 is 0.321 bits per heavy atom. The van der Waals surface area contributed by atoms with E-state index in [0.717, 1.165) is 181 Å². The fourth-order valence-electron chi connectivity index (χ4n) is 36.5. The van der Waals surface area contributed by atoms with E-state index in [0.29, 0.717) is 168 Å². The Labute approximate surface area is 824 Å². The van der Waals surface area contributed by atoms with Gasteiger partial charge >= 0.3 is 0 Å². The first-order valence-corrected chi connectivity index (χ1v) is 55.3. The summed E-state index contributed by atoms with van der Waals surface area (Å²) >= 11 is 0. The van der Waals surface area contributed by atoms with Gasteiger partial charge in [-0.25, -0.2) is 27.2 Å². The van der Waals surface area contributed by atoms with Crippen molar-refractivity contribution in [2.75, 3.05) is 39.6 Å². The molecule has 16 saturated carbocycles. The molecule has 0 saturated heterocycles. The highest BCUT2D eigenvalue weighted by atomic mass is 19.1. The van der Waals surface area contributed by atoms with Gasteiger partial charge in [-0.3, -0.25) is 19.2 Å². The van der Waals surface area contributed by atoms with E-state index >= 15 is 0 Å². The molecule has 760 valence electrons. The molecule has 23 nitrogen and oxygen atoms in total. The Balaban J connectivity index is 0.000000111. The normalized spacial score (nSPS) is 40.8. The second-order valence-corrected chi connectivity index (χ2v) is 49.7. The molecule has 0 radical (unpaired) electrons. The van der Waals surface area contributed by atoms with Crippen LogP contribution in [0.15, 0.2) is 78.9 Å². The van der Waals surface area contributed by atoms with Crippen LogP contribution in [0.1, 0.15) is 287 Å². The molecule has 0 aliphatic heterocycles. The number of halogens is 3. The van der Waals surface area contributed by atoms with Crippen LogP contribution in [0.3, 0.4) is 0 Å². The Hall–Kier alpha value is -7.33. The van der Waals surface area contributed by atoms with Crippen LogP contribution in [-0.2, 0) is 59.6 Å². The lowest BCUT2D eigenvalue weighted by atomic mass is 9.49. The van der Waals surface area contributed by atoms with Gasteiger partial charge in [-0.2, -0.15) is 15.0 Å². The fraction of sp³-hybridized carbons (Fsp3) is 0.754. The molecule has 0 spiro atoms. The maximum atomic E-state index is 13.8. The molecule has 16 aliphatic carbocycles. The number of carbonyl (C=O) groups excluding carboxylic acids is 4. The summed E-state index contributed by atoms with van der Waals surface area (Å²) in [6.07, 6.45) is 39.5. The third kappa shape index (κ3) is 18.5. The van der Waals surface area contributed by atoms with Gasteiger partial charge in [0.25, 0.3) is 0 Å². The number of nitrogens with zero attached hydrogens (tertiary/aromatic N) is 12. The van der Waals surface area contributed by atoms with E-state index in [1.807, 2.05) is 52.0 Å². The van der Waals surface area contributed by atoms with E-state index in [4.69, 9.17) is 14.2 Å². The van der Waals surface area contributed by atoms with E-state index in [2.05, 4.69) is 68.8 Å². The lowest BCUT2D eigenvalue weighted by Crippen LogP contribution is -2.52. The summed E-state index contributed by atoms with van der Waals surface area (Å²) in [6.45, 7) is 21.9. The van der Waals surface area contributed by atoms with E-state index in [-0.39, 0.29) is 99.8 Å². The molecule has 0 bridgehead atoms. The smallest absolute Gasteiger partial charge is 0.159 e. The monoisotopic (exact) mass is 1930 g/mol. The second kappa shape index (κ2) is 39.1. The van der Waals surface area contributed by atoms with Crippen LogP contribution in [0.5, 0.6) is 0 Å². The summed E-state index contributed by atoms with van der Waals surface area (Å²) in [7, 11) is 0. The predicted molar refractivity (Wildman–Crippen MR) is 527 cm³/mol. The van der Waals surface area contributed by atoms with Gasteiger partial charge in [0.2, 0.25) is 0 Å². The SMILES string of the molecule is CCOC[C@@]1(O)CC[C@H]2[C@H](CC[C@@H]3[C@@H]2CC[C@]2(C)[C@@H](C(=O)Cn4nc5ccc(F)cc5n4)CC[C@@H]32)C1.CCOC[C@@]1(O)CC[C@H]2[C@H](CC[C@@H]3[C@@H]2CC[C@]2(C)[C@@H](C(=O)Cn4nnc5cc(F)ccc54)CC[C@@H]32)C1.CCOC[C@@]1(O)CC[C@H]2[C@H](CC[C@@H]3[C@@H]2CC[C@]2(C)[C@@H](C(=O)Cn4nnc5ccc(F)cc54)CC[C@@H]32)C1.C[C@@]1(O)CC[C@H]2[C@@H](CC[C@@H]3[C@@H]2CC[C@]2(C)[C@@H](C(=O)Cn4nnc5ccccc54)CC[C@@H]32)C1. The highest BCUT2D eigenvalue weighted by Gasteiger charge is 2.65. The van der Waals surface area contributed by atoms with Crippen LogP contribution in [0.25, 0.3) is 44.1 Å². The number of fused-ring (bicyclic) bond motifs is 24. The summed E-state index contributed by atoms with van der Waals surface area (Å²) in [5.41, 5.74) is 3.26. The molecule has 4 N–H and O–H groups in total. The van der Waals surface area contributed by atoms with E-state index in [9.17, 15) is 52.8 Å². The van der Waals surface area contributed by atoms with Crippen molar-refractivity contribution >= 4 is 67.3 Å². The minimum atomic E-state index is -0.646. The largest absolute Gasteiger partial charge is 0.390 e. The molecule has 26 heteroatoms. The standard InChI is InChI=1S/3C29H40FN3O3.C27H37N3O2/c1-3-36-17-29(35)13-11-20-18(15-29)4-6-22-21(20)10-12-28(2)23(22)7-8-24(28)27(34)16-33-26-9-5-19(30)14-25(26)31-32-33;1-3-36-17-29(35)13-11-20-18(15-29)4-6-22-21(20)10-12-28(2)23(22)7-8-24(28)27(34)16-33-26-14-19(30)5-9-25(26)31-32-33;1-3-36-17-29(35)13-11-20-18(15-29)4-6-22-21(20)10-12-28(2)23(22)7-8-24(28)27(34)16-33-31-25-9-5-19(30)14-26(25)32-33;1-26(32)13-11-18-17(15-26)7-8-20-19(18)12-14-27(2)21(20)9-10-22(27)25(31)16-30-24-6-4-3-5-23(24)28-29-30/h3*5,9,14,18,20-24,35H,3-4,6-8,10-13,15-17H2,1-2H3;3-6,17-22,32H,7-16H2,1-2H3/t3*18-,20+,21-,22-,23+,24-,28+,29-;17-,18-,19+,20+,21-,22+,26+,27-/m1110/s1. The maximum Gasteiger partial charge on any atom is 0.159 e. The number of ether oxygens (including phenoxy) is 3. The van der Waals surface area contributed by atoms with Gasteiger partial charge in [-0.1, -0.05) is 55.5 Å². The average Bonchev–Trinajstić information content (AvgIpc) is 1.55. The van der Waals surface area contributed by atoms with Crippen LogP contribution >= 0.6 is 0 Å². The molecule has 4 aromatic heterocycles. The van der Waals surface area contributed by atoms with Crippen molar-refractivity contribution < 1.29 is 67.0 Å². The number of Topliss-reactive ketones (excluding diaryl/α,β-unsaturated/α-hetero) is 4. The van der Waals surface area contributed by atoms with Gasteiger partial charge in [0, 0.05) is 61.7 Å². The number of ketones is 4. The molecule has 16 aliphatic rings. The highest BCUT2D eigenvalue weighted by Crippen LogP contribution is 2.71. The maximum absolute atomic E-state index is 13.8. The van der Waals surface area contributed by atoms with Gasteiger partial charge in [0.05, 0.1) is 58.8 Å². The zero-order chi connectivity index (χ0) is 97.3. The summed E-state index contributed by atoms with van der Waals surface area (Å²) in [5, 5.41) is 77.8. The number of aliphatic hydroxyl groups is 4. The fourth-order valence-corrected chi connectivity index (χ4v) is 36.5. The number of rotatable bonds is 21. The molecule has 16 fully saturated rings. The van der Waals surface area contributed by atoms with Crippen molar-refractivity contribution in [1.29, 1.82) is 0 Å². The summed E-state index contributed by atoms with van der Waals surface area (Å²) in [6, 6.07) is 21.1. The molecule has 8 aromatic rings. The van der Waals surface area contributed by atoms with Crippen LogP contribution in [0.2, 0.25) is 0 Å². The molecule has 32 atom stereocenters. The molecule has 4 aromatic carbocycles. The molecule has 0 amide bonds. The van der Waals surface area contributed by atoms with Gasteiger partial charge < -0.3 is 34.6 Å². The lowest BCUT2D eigenvalue weighted by molar-refractivity contribution is -0.138. The predicted octanol–water partition coefficient (Wildman–Crippen LogP) is 20.5. The molecule has 24 rings (SSSR count). The molecular weight excluding hydrogens is 1770 g/mol. The number of benzene rings is 4. The Morgan fingerprint density at radius 3 is 1.06 bits per heavy atom. The number of hydrogen-bond acceptors (Lipinski definition) is 19. The first-order valence-electron chi connectivity index (χ1n) is 55.3. The van der Waals surface area contributed by atoms with E-state index in [1.54, 1.807) is 32.2 Å². The van der Waals surface area contributed by atoms with Crippen molar-refractivity contribution in [1.82, 2.24) is 60.0 Å². The van der Waals surface area contributed by atoms with Crippen molar-refractivity contribution in [3.05, 3.63) is 96.3 Å². The molecule has 140 heavy (non-hydrogen) atoms. The number of carbonyl (C=O) groups is 4. The van der Waals surface area contributed by atoms with E-state index < -0.39 is 22.4 Å². The quantitative estimate of drug-likeness (QED) is 0.0519. The summed E-state index contributed by atoms with van der Waals surface area (Å²) in [4.78, 5) is 55.8. The zero-order valence-electron chi connectivity index (χ0n) is 84.5. The van der Waals surface area contributed by atoms with Gasteiger partial charge in [-0.15, -0.1) is 15.3 Å². The topological polar surface area (TPSA) is 300 Å². The van der Waals surface area contributed by atoms with Crippen molar-refractivity contribution in [3.8, 4) is 0 Å². The summed E-state index contributed by atoms with van der Waals surface area (Å²) < 4.78 is 62.8. The first kappa shape index (κ1) is 98.7. The van der Waals surface area contributed by atoms with Crippen LogP contribution in [-0.4, -0.2) is 166 Å². The summed E-state index contributed by atoms with van der Waals surface area (Å²) in [5.74, 6) is 14.2. The minimum Gasteiger partial charge on any atom is -0.390 e. The first-order chi connectivity index (χ1) is 67.3. The molecule has 0 unspecified atom stereocenters. The van der Waals surface area contributed by atoms with Crippen molar-refractivity contribution in [3.63, 3.8) is 0 Å². The second-order valence-electron chi connectivity index (χ2n) is 49.7. The van der Waals surface area contributed by atoms with Gasteiger partial charge in [-0.05, 0) is 447 Å². The Bertz CT molecular complexity index is 5810. The zero-order valence-corrected chi connectivity index (χ0v) is 84.5. The number of aromatic nitrogens is 12. The van der Waals surface area contributed by atoms with E-state index in [1.165, 1.54) is 138 Å². The average molecular weight is 1930 g/mol. The Morgan fingerprint density at radius 2 is 0.643 bits per heavy atom. The van der Waals surface area contributed by atoms with Crippen LogP contribution in [0, 0.1) is 181 Å². The van der Waals surface area contributed by atoms with Crippen LogP contribution in [0.4, 0.5) is 13.2 Å². The number of hydrogen-bond donors (Lipinski definition) is 4.